The molecule has 2 aromatic rings. The summed E-state index contributed by atoms with van der Waals surface area (Å²) in [4.78, 5) is 38.3. The van der Waals surface area contributed by atoms with Crippen molar-refractivity contribution in [3.8, 4) is 0 Å². The smallest absolute Gasteiger partial charge is 0.309 e. The van der Waals surface area contributed by atoms with Crippen LogP contribution in [0.25, 0.3) is 0 Å². The molecule has 0 aliphatic rings. The van der Waals surface area contributed by atoms with Crippen molar-refractivity contribution in [2.45, 2.75) is 51.1 Å². The van der Waals surface area contributed by atoms with Gasteiger partial charge in [0.25, 0.3) is 0 Å². The molecule has 0 aliphatic carbocycles. The maximum atomic E-state index is 12.9. The van der Waals surface area contributed by atoms with Gasteiger partial charge in [0.05, 0.1) is 30.5 Å². The number of hydrogen-bond donors (Lipinski definition) is 3. The Balaban J connectivity index is 1.85. The molecule has 0 unspecified atom stereocenters. The molecule has 0 saturated carbocycles. The van der Waals surface area contributed by atoms with E-state index in [9.17, 15) is 19.5 Å². The molecule has 2 aromatic carbocycles. The predicted molar refractivity (Wildman–Crippen MR) is 149 cm³/mol. The number of aliphatic hydroxyl groups is 1. The van der Waals surface area contributed by atoms with E-state index in [0.717, 1.165) is 11.1 Å². The van der Waals surface area contributed by atoms with Crippen LogP contribution in [-0.2, 0) is 32.0 Å². The van der Waals surface area contributed by atoms with Crippen LogP contribution in [0.1, 0.15) is 37.3 Å². The minimum Gasteiger partial charge on any atom is -0.463 e. The summed E-state index contributed by atoms with van der Waals surface area (Å²) >= 11 is 0. The second kappa shape index (κ2) is 16.9. The summed E-state index contributed by atoms with van der Waals surface area (Å²) in [6, 6.07) is 18.4. The van der Waals surface area contributed by atoms with E-state index >= 15 is 0 Å². The lowest BCUT2D eigenvalue weighted by Crippen LogP contribution is -2.44. The first-order chi connectivity index (χ1) is 18.4. The minimum absolute atomic E-state index is 0.0175. The van der Waals surface area contributed by atoms with E-state index < -0.39 is 18.0 Å². The molecule has 0 heterocycles. The summed E-state index contributed by atoms with van der Waals surface area (Å²) in [6.07, 6.45) is 5.08. The van der Waals surface area contributed by atoms with E-state index in [-0.39, 0.29) is 43.3 Å². The monoisotopic (exact) mass is 520 g/mol. The fourth-order valence-electron chi connectivity index (χ4n) is 4.14. The van der Waals surface area contributed by atoms with Crippen molar-refractivity contribution in [3.05, 3.63) is 97.1 Å². The van der Waals surface area contributed by atoms with Crippen LogP contribution in [-0.4, -0.2) is 48.2 Å². The molecule has 4 atom stereocenters. The average Bonchev–Trinajstić information content (AvgIpc) is 2.92. The number of carbonyl (C=O) groups is 3. The number of ether oxygens (including phenoxy) is 1. The van der Waals surface area contributed by atoms with E-state index in [4.69, 9.17) is 4.74 Å². The molecule has 7 heteroatoms. The first kappa shape index (κ1) is 30.5. The van der Waals surface area contributed by atoms with Crippen LogP contribution in [0.15, 0.2) is 86.0 Å². The first-order valence-corrected chi connectivity index (χ1v) is 13.0. The molecular formula is C31H40N2O5. The highest BCUT2D eigenvalue weighted by molar-refractivity contribution is 5.86. The fourth-order valence-corrected chi connectivity index (χ4v) is 4.14. The SMILES string of the molecule is C=CC[C@H](CC(=O)N[C@H](CO)Cc1ccccc1)C(=O)N[C@@H](C)COC(=O)[C@@H](CC=C)Cc1ccccc1. The second-order valence-electron chi connectivity index (χ2n) is 9.51. The third kappa shape index (κ3) is 11.1. The molecule has 38 heavy (non-hydrogen) atoms. The molecule has 0 radical (unpaired) electrons. The van der Waals surface area contributed by atoms with Crippen LogP contribution in [0, 0.1) is 11.8 Å². The van der Waals surface area contributed by atoms with Gasteiger partial charge in [-0.25, -0.2) is 0 Å². The van der Waals surface area contributed by atoms with Gasteiger partial charge in [0, 0.05) is 6.42 Å². The van der Waals surface area contributed by atoms with Crippen molar-refractivity contribution in [2.24, 2.45) is 11.8 Å². The molecule has 7 nitrogen and oxygen atoms in total. The summed E-state index contributed by atoms with van der Waals surface area (Å²) in [5.74, 6) is -1.97. The van der Waals surface area contributed by atoms with Gasteiger partial charge in [-0.1, -0.05) is 72.8 Å². The molecule has 0 saturated heterocycles. The molecule has 0 aromatic heterocycles. The second-order valence-corrected chi connectivity index (χ2v) is 9.51. The van der Waals surface area contributed by atoms with Crippen molar-refractivity contribution < 1.29 is 24.2 Å². The van der Waals surface area contributed by atoms with Gasteiger partial charge in [-0.3, -0.25) is 14.4 Å². The number of amides is 2. The standard InChI is InChI=1S/C31H40N2O5/c1-4-12-26(20-29(35)33-28(21-34)19-25-16-10-7-11-17-25)30(36)32-23(3)22-38-31(37)27(13-5-2)18-24-14-8-6-9-15-24/h4-11,14-17,23,26-28,34H,1-2,12-13,18-22H2,3H3,(H,32,36)(H,33,35)/t23-,26+,27-,28-/m0/s1. The lowest BCUT2D eigenvalue weighted by molar-refractivity contribution is -0.149. The first-order valence-electron chi connectivity index (χ1n) is 13.0. The number of benzene rings is 2. The molecule has 0 spiro atoms. The van der Waals surface area contributed by atoms with E-state index in [1.165, 1.54) is 0 Å². The maximum absolute atomic E-state index is 12.9. The van der Waals surface area contributed by atoms with E-state index in [1.54, 1.807) is 19.1 Å². The fraction of sp³-hybridized carbons (Fsp3) is 0.387. The molecule has 3 N–H and O–H groups in total. The van der Waals surface area contributed by atoms with Gasteiger partial charge in [0.2, 0.25) is 11.8 Å². The molecular weight excluding hydrogens is 480 g/mol. The Hall–Kier alpha value is -3.71. The van der Waals surface area contributed by atoms with Crippen LogP contribution in [0.4, 0.5) is 0 Å². The Bertz CT molecular complexity index is 1030. The van der Waals surface area contributed by atoms with Crippen LogP contribution in [0.5, 0.6) is 0 Å². The zero-order valence-corrected chi connectivity index (χ0v) is 22.2. The number of nitrogens with one attached hydrogen (secondary N) is 2. The van der Waals surface area contributed by atoms with E-state index in [2.05, 4.69) is 23.8 Å². The van der Waals surface area contributed by atoms with Gasteiger partial charge < -0.3 is 20.5 Å². The molecule has 204 valence electrons. The third-order valence-electron chi connectivity index (χ3n) is 6.14. The summed E-state index contributed by atoms with van der Waals surface area (Å²) in [5, 5.41) is 15.4. The number of esters is 1. The van der Waals surface area contributed by atoms with Crippen LogP contribution in [0.2, 0.25) is 0 Å². The van der Waals surface area contributed by atoms with Gasteiger partial charge in [0.1, 0.15) is 6.61 Å². The highest BCUT2D eigenvalue weighted by Crippen LogP contribution is 2.16. The topological polar surface area (TPSA) is 105 Å². The zero-order valence-electron chi connectivity index (χ0n) is 22.2. The Morgan fingerprint density at radius 3 is 1.97 bits per heavy atom. The van der Waals surface area contributed by atoms with Crippen molar-refractivity contribution in [1.82, 2.24) is 10.6 Å². The molecule has 0 aliphatic heterocycles. The predicted octanol–water partition coefficient (Wildman–Crippen LogP) is 3.77. The van der Waals surface area contributed by atoms with Crippen LogP contribution >= 0.6 is 0 Å². The van der Waals surface area contributed by atoms with Crippen molar-refractivity contribution in [2.75, 3.05) is 13.2 Å². The quantitative estimate of drug-likeness (QED) is 0.218. The van der Waals surface area contributed by atoms with E-state index in [0.29, 0.717) is 25.7 Å². The summed E-state index contributed by atoms with van der Waals surface area (Å²) in [7, 11) is 0. The highest BCUT2D eigenvalue weighted by Gasteiger charge is 2.25. The van der Waals surface area contributed by atoms with Gasteiger partial charge in [-0.05, 0) is 43.7 Å². The van der Waals surface area contributed by atoms with Gasteiger partial charge in [0.15, 0.2) is 0 Å². The van der Waals surface area contributed by atoms with Gasteiger partial charge in [-0.2, -0.15) is 0 Å². The average molecular weight is 521 g/mol. The number of rotatable bonds is 17. The Morgan fingerprint density at radius 1 is 0.868 bits per heavy atom. The largest absolute Gasteiger partial charge is 0.463 e. The minimum atomic E-state index is -0.631. The van der Waals surface area contributed by atoms with Gasteiger partial charge >= 0.3 is 5.97 Å². The van der Waals surface area contributed by atoms with Crippen molar-refractivity contribution in [3.63, 3.8) is 0 Å². The van der Waals surface area contributed by atoms with Crippen LogP contribution < -0.4 is 10.6 Å². The molecule has 0 bridgehead atoms. The highest BCUT2D eigenvalue weighted by atomic mass is 16.5. The number of carbonyl (C=O) groups excluding carboxylic acids is 3. The maximum Gasteiger partial charge on any atom is 0.309 e. The summed E-state index contributed by atoms with van der Waals surface area (Å²) in [6.45, 7) is 9.00. The zero-order chi connectivity index (χ0) is 27.8. The Kier molecular flexibility index (Phi) is 13.6. The Morgan fingerprint density at radius 2 is 1.42 bits per heavy atom. The van der Waals surface area contributed by atoms with Crippen molar-refractivity contribution in [1.29, 1.82) is 0 Å². The Labute approximate surface area is 226 Å². The number of aliphatic hydroxyl groups excluding tert-OH is 1. The summed E-state index contributed by atoms with van der Waals surface area (Å²) < 4.78 is 5.51. The molecule has 2 amide bonds. The number of allylic oxidation sites excluding steroid dienone is 2. The third-order valence-corrected chi connectivity index (χ3v) is 6.14. The lowest BCUT2D eigenvalue weighted by Gasteiger charge is -2.22. The van der Waals surface area contributed by atoms with Gasteiger partial charge in [-0.15, -0.1) is 13.2 Å². The van der Waals surface area contributed by atoms with Crippen molar-refractivity contribution >= 4 is 17.8 Å². The summed E-state index contributed by atoms with van der Waals surface area (Å²) in [5.41, 5.74) is 2.03. The molecule has 0 fully saturated rings. The molecule has 2 rings (SSSR count). The number of hydrogen-bond acceptors (Lipinski definition) is 5. The van der Waals surface area contributed by atoms with Crippen LogP contribution in [0.3, 0.4) is 0 Å². The lowest BCUT2D eigenvalue weighted by atomic mass is 9.96. The normalized spacial score (nSPS) is 13.8. The van der Waals surface area contributed by atoms with E-state index in [1.807, 2.05) is 60.7 Å².